The van der Waals surface area contributed by atoms with Crippen molar-refractivity contribution in [2.24, 2.45) is 5.92 Å². The van der Waals surface area contributed by atoms with Crippen LogP contribution in [0.15, 0.2) is 24.4 Å². The molecular formula is C17H28N5O3+. The molecule has 1 aromatic rings. The minimum absolute atomic E-state index is 0.273. The molecule has 8 nitrogen and oxygen atoms in total. The lowest BCUT2D eigenvalue weighted by molar-refractivity contribution is -0.909. The van der Waals surface area contributed by atoms with E-state index in [0.29, 0.717) is 44.7 Å². The standard InChI is InChI=1S/C17H27N5O3/c23-16-15(6-5-14-4-1-2-13-22(14)25)17(24)21-12-10-19-8-3-7-18-9-11-20-16/h1-2,4,13,15,18-19H,3,5-12H2,(H2-,20,21,23,24,25)/p+1. The maximum atomic E-state index is 12.4. The van der Waals surface area contributed by atoms with Crippen molar-refractivity contribution in [3.63, 3.8) is 0 Å². The van der Waals surface area contributed by atoms with Crippen LogP contribution in [0, 0.1) is 5.92 Å². The minimum Gasteiger partial charge on any atom is -0.354 e. The van der Waals surface area contributed by atoms with Crippen LogP contribution in [0.4, 0.5) is 0 Å². The Hall–Kier alpha value is -2.19. The van der Waals surface area contributed by atoms with Crippen LogP contribution in [0.1, 0.15) is 18.5 Å². The second-order valence-corrected chi connectivity index (χ2v) is 6.06. The van der Waals surface area contributed by atoms with E-state index < -0.39 is 5.92 Å². The molecule has 1 fully saturated rings. The molecule has 25 heavy (non-hydrogen) atoms. The minimum atomic E-state index is -0.775. The fourth-order valence-electron chi connectivity index (χ4n) is 2.72. The number of hydrogen-bond donors (Lipinski definition) is 5. The molecule has 1 aromatic heterocycles. The maximum absolute atomic E-state index is 12.4. The zero-order chi connectivity index (χ0) is 17.9. The highest BCUT2D eigenvalue weighted by Gasteiger charge is 2.27. The number of aryl methyl sites for hydroxylation is 1. The van der Waals surface area contributed by atoms with Gasteiger partial charge in [0.25, 0.3) is 0 Å². The number of rotatable bonds is 3. The first-order chi connectivity index (χ1) is 12.2. The van der Waals surface area contributed by atoms with Crippen molar-refractivity contribution in [3.8, 4) is 0 Å². The summed E-state index contributed by atoms with van der Waals surface area (Å²) in [5.41, 5.74) is 0.658. The molecule has 1 aliphatic heterocycles. The molecule has 0 spiro atoms. The van der Waals surface area contributed by atoms with Gasteiger partial charge in [-0.1, -0.05) is 0 Å². The SMILES string of the molecule is O=C1NCCNCCCNCCNC(=O)C1CCc1cccc[n+]1O. The molecule has 0 radical (unpaired) electrons. The van der Waals surface area contributed by atoms with Crippen LogP contribution >= 0.6 is 0 Å². The summed E-state index contributed by atoms with van der Waals surface area (Å²) < 4.78 is 1.02. The largest absolute Gasteiger partial charge is 0.354 e. The summed E-state index contributed by atoms with van der Waals surface area (Å²) in [6.45, 7) is 4.11. The predicted molar refractivity (Wildman–Crippen MR) is 92.0 cm³/mol. The van der Waals surface area contributed by atoms with Crippen molar-refractivity contribution < 1.29 is 19.5 Å². The molecule has 1 saturated heterocycles. The number of carbonyl (C=O) groups is 2. The smallest absolute Gasteiger partial charge is 0.234 e. The van der Waals surface area contributed by atoms with E-state index in [2.05, 4.69) is 21.3 Å². The molecule has 2 heterocycles. The summed E-state index contributed by atoms with van der Waals surface area (Å²) in [7, 11) is 0. The van der Waals surface area contributed by atoms with Crippen molar-refractivity contribution >= 4 is 11.8 Å². The number of nitrogens with zero attached hydrogens (tertiary/aromatic N) is 1. The van der Waals surface area contributed by atoms with E-state index in [1.165, 1.54) is 6.20 Å². The molecule has 0 bridgehead atoms. The number of aromatic nitrogens is 1. The molecule has 0 aromatic carbocycles. The Labute approximate surface area is 148 Å². The summed E-state index contributed by atoms with van der Waals surface area (Å²) in [6, 6.07) is 5.30. The topological polar surface area (TPSA) is 106 Å². The lowest BCUT2D eigenvalue weighted by Crippen LogP contribution is -2.45. The van der Waals surface area contributed by atoms with Crippen molar-refractivity contribution in [1.82, 2.24) is 21.3 Å². The third-order valence-electron chi connectivity index (χ3n) is 4.15. The average Bonchev–Trinajstić information content (AvgIpc) is 2.60. The zero-order valence-electron chi connectivity index (χ0n) is 14.5. The van der Waals surface area contributed by atoms with E-state index in [9.17, 15) is 14.8 Å². The lowest BCUT2D eigenvalue weighted by atomic mass is 9.99. The molecule has 0 saturated carbocycles. The molecule has 1 aliphatic rings. The number of nitrogens with one attached hydrogen (secondary N) is 4. The molecule has 138 valence electrons. The predicted octanol–water partition coefficient (Wildman–Crippen LogP) is -1.42. The third-order valence-corrected chi connectivity index (χ3v) is 4.15. The Morgan fingerprint density at radius 2 is 1.60 bits per heavy atom. The number of carbonyl (C=O) groups excluding carboxylic acids is 2. The van der Waals surface area contributed by atoms with Gasteiger partial charge in [-0.3, -0.25) is 14.8 Å². The molecule has 0 aliphatic carbocycles. The van der Waals surface area contributed by atoms with Crippen LogP contribution in [0.5, 0.6) is 0 Å². The van der Waals surface area contributed by atoms with Crippen molar-refractivity contribution in [2.45, 2.75) is 19.3 Å². The van der Waals surface area contributed by atoms with Crippen molar-refractivity contribution in [3.05, 3.63) is 30.1 Å². The van der Waals surface area contributed by atoms with Crippen molar-refractivity contribution in [1.29, 1.82) is 0 Å². The van der Waals surface area contributed by atoms with E-state index in [1.807, 2.05) is 6.07 Å². The molecular weight excluding hydrogens is 322 g/mol. The van der Waals surface area contributed by atoms with Crippen LogP contribution in [0.2, 0.25) is 0 Å². The average molecular weight is 350 g/mol. The van der Waals surface area contributed by atoms with Gasteiger partial charge in [0.05, 0.1) is 0 Å². The van der Waals surface area contributed by atoms with E-state index in [-0.39, 0.29) is 11.8 Å². The van der Waals surface area contributed by atoms with Gasteiger partial charge in [0.15, 0.2) is 0 Å². The quantitative estimate of drug-likeness (QED) is 0.261. The van der Waals surface area contributed by atoms with Gasteiger partial charge >= 0.3 is 0 Å². The fraction of sp³-hybridized carbons (Fsp3) is 0.588. The van der Waals surface area contributed by atoms with Gasteiger partial charge in [0.2, 0.25) is 23.7 Å². The van der Waals surface area contributed by atoms with Crippen LogP contribution in [0.3, 0.4) is 0 Å². The first-order valence-corrected chi connectivity index (χ1v) is 8.84. The lowest BCUT2D eigenvalue weighted by Gasteiger charge is -2.17. The molecule has 0 atom stereocenters. The molecule has 2 amide bonds. The Bertz CT molecular complexity index is 543. The summed E-state index contributed by atoms with van der Waals surface area (Å²) in [4.78, 5) is 24.8. The normalized spacial score (nSPS) is 18.9. The van der Waals surface area contributed by atoms with Crippen LogP contribution in [-0.2, 0) is 16.0 Å². The van der Waals surface area contributed by atoms with Crippen LogP contribution in [-0.4, -0.2) is 56.3 Å². The highest BCUT2D eigenvalue weighted by atomic mass is 16.5. The monoisotopic (exact) mass is 350 g/mol. The summed E-state index contributed by atoms with van der Waals surface area (Å²) >= 11 is 0. The van der Waals surface area contributed by atoms with Gasteiger partial charge in [0.1, 0.15) is 5.92 Å². The van der Waals surface area contributed by atoms with Crippen LogP contribution < -0.4 is 26.0 Å². The summed E-state index contributed by atoms with van der Waals surface area (Å²) in [5, 5.41) is 21.9. The molecule has 2 rings (SSSR count). The van der Waals surface area contributed by atoms with E-state index in [4.69, 9.17) is 0 Å². The first kappa shape index (κ1) is 19.1. The second-order valence-electron chi connectivity index (χ2n) is 6.06. The Morgan fingerprint density at radius 1 is 0.960 bits per heavy atom. The van der Waals surface area contributed by atoms with Crippen LogP contribution in [0.25, 0.3) is 0 Å². The second kappa shape index (κ2) is 10.6. The van der Waals surface area contributed by atoms with Crippen molar-refractivity contribution in [2.75, 3.05) is 39.3 Å². The maximum Gasteiger partial charge on any atom is 0.234 e. The molecule has 8 heteroatoms. The Morgan fingerprint density at radius 3 is 2.20 bits per heavy atom. The zero-order valence-corrected chi connectivity index (χ0v) is 14.5. The Kier molecular flexibility index (Phi) is 8.14. The van der Waals surface area contributed by atoms with Gasteiger partial charge in [-0.2, -0.15) is 0 Å². The number of amides is 2. The van der Waals surface area contributed by atoms with Gasteiger partial charge in [-0.15, -0.1) is 0 Å². The van der Waals surface area contributed by atoms with E-state index >= 15 is 0 Å². The first-order valence-electron chi connectivity index (χ1n) is 8.84. The number of pyridine rings is 1. The molecule has 5 N–H and O–H groups in total. The van der Waals surface area contributed by atoms with Gasteiger partial charge in [0, 0.05) is 49.5 Å². The highest BCUT2D eigenvalue weighted by Crippen LogP contribution is 2.08. The Balaban J connectivity index is 1.97. The molecule has 0 unspecified atom stereocenters. The van der Waals surface area contributed by atoms with Gasteiger partial charge in [-0.25, -0.2) is 0 Å². The third kappa shape index (κ3) is 6.67. The highest BCUT2D eigenvalue weighted by molar-refractivity contribution is 6.00. The van der Waals surface area contributed by atoms with E-state index in [1.54, 1.807) is 12.1 Å². The number of hydrogen-bond acceptors (Lipinski definition) is 5. The van der Waals surface area contributed by atoms with Gasteiger partial charge < -0.3 is 21.3 Å². The summed E-state index contributed by atoms with van der Waals surface area (Å²) in [5.74, 6) is -1.32. The van der Waals surface area contributed by atoms with E-state index in [0.717, 1.165) is 24.2 Å². The fourth-order valence-corrected chi connectivity index (χ4v) is 2.72. The van der Waals surface area contributed by atoms with Gasteiger partial charge in [-0.05, 0) is 32.0 Å². The summed E-state index contributed by atoms with van der Waals surface area (Å²) in [6.07, 6.45) is 3.30.